The van der Waals surface area contributed by atoms with Gasteiger partial charge in [-0.25, -0.2) is 9.97 Å². The third-order valence-corrected chi connectivity index (χ3v) is 4.72. The molecule has 0 spiro atoms. The van der Waals surface area contributed by atoms with Crippen molar-refractivity contribution in [2.24, 2.45) is 5.73 Å². The van der Waals surface area contributed by atoms with E-state index in [9.17, 15) is 0 Å². The van der Waals surface area contributed by atoms with Gasteiger partial charge in [0.05, 0.1) is 10.4 Å². The second-order valence-corrected chi connectivity index (χ2v) is 6.52. The first-order valence-electron chi connectivity index (χ1n) is 6.13. The third kappa shape index (κ3) is 2.69. The topological polar surface area (TPSA) is 55.0 Å². The molecule has 6 heteroatoms. The molecular formula is C13H18N4S2. The summed E-state index contributed by atoms with van der Waals surface area (Å²) in [5.41, 5.74) is 6.88. The van der Waals surface area contributed by atoms with Crippen LogP contribution in [0.15, 0.2) is 6.33 Å². The van der Waals surface area contributed by atoms with Crippen molar-refractivity contribution in [3.63, 3.8) is 0 Å². The largest absolute Gasteiger partial charge is 0.393 e. The second kappa shape index (κ2) is 5.38. The number of aromatic nitrogens is 2. The van der Waals surface area contributed by atoms with Gasteiger partial charge in [-0.3, -0.25) is 0 Å². The maximum absolute atomic E-state index is 5.63. The number of hydrogen-bond acceptors (Lipinski definition) is 5. The van der Waals surface area contributed by atoms with E-state index in [4.69, 9.17) is 18.0 Å². The normalized spacial score (nSPS) is 12.6. The van der Waals surface area contributed by atoms with E-state index in [1.165, 1.54) is 10.4 Å². The molecule has 0 saturated carbocycles. The van der Waals surface area contributed by atoms with Crippen molar-refractivity contribution in [2.45, 2.75) is 33.2 Å². The molecule has 0 aromatic carbocycles. The van der Waals surface area contributed by atoms with Crippen LogP contribution in [0.5, 0.6) is 0 Å². The zero-order valence-electron chi connectivity index (χ0n) is 11.6. The molecule has 0 saturated heterocycles. The fraction of sp³-hybridized carbons (Fsp3) is 0.462. The Kier molecular flexibility index (Phi) is 4.01. The van der Waals surface area contributed by atoms with Crippen LogP contribution < -0.4 is 10.6 Å². The van der Waals surface area contributed by atoms with E-state index in [0.29, 0.717) is 11.4 Å². The number of nitrogens with two attached hydrogens (primary N) is 1. The fourth-order valence-electron chi connectivity index (χ4n) is 2.07. The summed E-state index contributed by atoms with van der Waals surface area (Å²) >= 11 is 6.69. The van der Waals surface area contributed by atoms with Crippen LogP contribution in [0, 0.1) is 13.8 Å². The average Bonchev–Trinajstić information content (AvgIpc) is 2.63. The highest BCUT2D eigenvalue weighted by Crippen LogP contribution is 2.34. The van der Waals surface area contributed by atoms with Crippen LogP contribution >= 0.6 is 23.6 Å². The standard InChI is InChI=1S/C13H18N4S2/c1-7(5-10(14)18)17(4)12-11-8(2)9(3)19-13(11)16-6-15-12/h6-7H,5H2,1-4H3,(H2,14,18). The van der Waals surface area contributed by atoms with Gasteiger partial charge in [0.15, 0.2) is 0 Å². The number of hydrogen-bond donors (Lipinski definition) is 1. The fourth-order valence-corrected chi connectivity index (χ4v) is 3.30. The number of nitrogens with zero attached hydrogens (tertiary/aromatic N) is 3. The first-order valence-corrected chi connectivity index (χ1v) is 7.36. The predicted molar refractivity (Wildman–Crippen MR) is 86.2 cm³/mol. The Morgan fingerprint density at radius 3 is 2.79 bits per heavy atom. The summed E-state index contributed by atoms with van der Waals surface area (Å²) in [4.78, 5) is 13.8. The number of aryl methyl sites for hydroxylation is 2. The van der Waals surface area contributed by atoms with Crippen molar-refractivity contribution < 1.29 is 0 Å². The van der Waals surface area contributed by atoms with Crippen molar-refractivity contribution in [1.29, 1.82) is 0 Å². The quantitative estimate of drug-likeness (QED) is 0.879. The molecule has 0 bridgehead atoms. The third-order valence-electron chi connectivity index (χ3n) is 3.44. The molecule has 0 fully saturated rings. The van der Waals surface area contributed by atoms with Crippen LogP contribution in [-0.4, -0.2) is 28.0 Å². The van der Waals surface area contributed by atoms with E-state index in [1.807, 2.05) is 7.05 Å². The van der Waals surface area contributed by atoms with E-state index in [1.54, 1.807) is 17.7 Å². The number of rotatable bonds is 4. The highest BCUT2D eigenvalue weighted by molar-refractivity contribution is 7.80. The molecule has 1 atom stereocenters. The van der Waals surface area contributed by atoms with Crippen LogP contribution in [0.4, 0.5) is 5.82 Å². The van der Waals surface area contributed by atoms with Gasteiger partial charge in [0.2, 0.25) is 0 Å². The second-order valence-electron chi connectivity index (χ2n) is 4.79. The Morgan fingerprint density at radius 2 is 2.16 bits per heavy atom. The molecule has 0 radical (unpaired) electrons. The van der Waals surface area contributed by atoms with Gasteiger partial charge in [-0.05, 0) is 26.3 Å². The van der Waals surface area contributed by atoms with Crippen LogP contribution in [0.1, 0.15) is 23.8 Å². The van der Waals surface area contributed by atoms with E-state index < -0.39 is 0 Å². The van der Waals surface area contributed by atoms with Crippen LogP contribution in [0.25, 0.3) is 10.2 Å². The summed E-state index contributed by atoms with van der Waals surface area (Å²) in [5, 5.41) is 1.14. The maximum atomic E-state index is 5.63. The molecule has 1 unspecified atom stereocenters. The molecule has 4 nitrogen and oxygen atoms in total. The Hall–Kier alpha value is -1.27. The molecule has 2 aromatic rings. The van der Waals surface area contributed by atoms with E-state index >= 15 is 0 Å². The minimum atomic E-state index is 0.218. The summed E-state index contributed by atoms with van der Waals surface area (Å²) in [6.07, 6.45) is 2.30. The first kappa shape index (κ1) is 14.1. The minimum absolute atomic E-state index is 0.218. The van der Waals surface area contributed by atoms with Gasteiger partial charge in [0.1, 0.15) is 17.0 Å². The van der Waals surface area contributed by atoms with Gasteiger partial charge in [0, 0.05) is 24.4 Å². The van der Waals surface area contributed by atoms with Crippen LogP contribution in [0.2, 0.25) is 0 Å². The van der Waals surface area contributed by atoms with Crippen LogP contribution in [-0.2, 0) is 0 Å². The van der Waals surface area contributed by atoms with Gasteiger partial charge in [0.25, 0.3) is 0 Å². The zero-order valence-corrected chi connectivity index (χ0v) is 13.2. The lowest BCUT2D eigenvalue weighted by atomic mass is 10.1. The van der Waals surface area contributed by atoms with Crippen LogP contribution in [0.3, 0.4) is 0 Å². The predicted octanol–water partition coefficient (Wildman–Crippen LogP) is 2.81. The maximum Gasteiger partial charge on any atom is 0.141 e. The highest BCUT2D eigenvalue weighted by atomic mass is 32.1. The highest BCUT2D eigenvalue weighted by Gasteiger charge is 2.18. The lowest BCUT2D eigenvalue weighted by Gasteiger charge is -2.26. The molecule has 0 aliphatic carbocycles. The van der Waals surface area contributed by atoms with Gasteiger partial charge < -0.3 is 10.6 Å². The Morgan fingerprint density at radius 1 is 1.47 bits per heavy atom. The minimum Gasteiger partial charge on any atom is -0.393 e. The van der Waals surface area contributed by atoms with Gasteiger partial charge in [-0.2, -0.15) is 0 Å². The van der Waals surface area contributed by atoms with Gasteiger partial charge in [-0.1, -0.05) is 12.2 Å². The van der Waals surface area contributed by atoms with Crippen molar-refractivity contribution in [2.75, 3.05) is 11.9 Å². The van der Waals surface area contributed by atoms with Crippen molar-refractivity contribution >= 4 is 44.6 Å². The Balaban J connectivity index is 2.47. The smallest absolute Gasteiger partial charge is 0.141 e. The van der Waals surface area contributed by atoms with Gasteiger partial charge >= 0.3 is 0 Å². The SMILES string of the molecule is Cc1sc2ncnc(N(C)C(C)CC(N)=S)c2c1C. The summed E-state index contributed by atoms with van der Waals surface area (Å²) in [5.74, 6) is 0.954. The monoisotopic (exact) mass is 294 g/mol. The molecule has 2 rings (SSSR count). The summed E-state index contributed by atoms with van der Waals surface area (Å²) in [6.45, 7) is 6.33. The van der Waals surface area contributed by atoms with Gasteiger partial charge in [-0.15, -0.1) is 11.3 Å². The Labute approximate surface area is 122 Å². The molecule has 0 aliphatic heterocycles. The number of thiophene rings is 1. The van der Waals surface area contributed by atoms with Crippen molar-refractivity contribution in [1.82, 2.24) is 9.97 Å². The molecule has 19 heavy (non-hydrogen) atoms. The molecular weight excluding hydrogens is 276 g/mol. The van der Waals surface area contributed by atoms with E-state index in [-0.39, 0.29) is 6.04 Å². The number of fused-ring (bicyclic) bond motifs is 1. The Bertz CT molecular complexity index is 620. The van der Waals surface area contributed by atoms with Crippen molar-refractivity contribution in [3.05, 3.63) is 16.8 Å². The van der Waals surface area contributed by atoms with Crippen molar-refractivity contribution in [3.8, 4) is 0 Å². The zero-order chi connectivity index (χ0) is 14.2. The summed E-state index contributed by atoms with van der Waals surface area (Å²) in [6, 6.07) is 0.218. The summed E-state index contributed by atoms with van der Waals surface area (Å²) in [7, 11) is 2.02. The molecule has 0 aliphatic rings. The number of thiocarbonyl (C=S) groups is 1. The number of anilines is 1. The van der Waals surface area contributed by atoms with E-state index in [0.717, 1.165) is 16.0 Å². The average molecular weight is 294 g/mol. The molecule has 0 amide bonds. The molecule has 2 aromatic heterocycles. The molecule has 102 valence electrons. The lowest BCUT2D eigenvalue weighted by molar-refractivity contribution is 0.707. The molecule has 2 N–H and O–H groups in total. The summed E-state index contributed by atoms with van der Waals surface area (Å²) < 4.78 is 0. The lowest BCUT2D eigenvalue weighted by Crippen LogP contribution is -2.33. The first-order chi connectivity index (χ1) is 8.91. The van der Waals surface area contributed by atoms with E-state index in [2.05, 4.69) is 35.6 Å². The molecule has 2 heterocycles.